The van der Waals surface area contributed by atoms with E-state index in [1.54, 1.807) is 11.3 Å². The molecule has 0 fully saturated rings. The summed E-state index contributed by atoms with van der Waals surface area (Å²) in [5, 5.41) is 3.28. The zero-order valence-electron chi connectivity index (χ0n) is 11.0. The van der Waals surface area contributed by atoms with Crippen LogP contribution >= 0.6 is 11.3 Å². The van der Waals surface area contributed by atoms with Gasteiger partial charge >= 0.3 is 0 Å². The molecule has 1 atom stereocenters. The van der Waals surface area contributed by atoms with Crippen molar-refractivity contribution in [2.75, 3.05) is 6.54 Å². The second kappa shape index (κ2) is 6.12. The number of nitrogens with zero attached hydrogens (tertiary/aromatic N) is 1. The zero-order valence-corrected chi connectivity index (χ0v) is 11.8. The van der Waals surface area contributed by atoms with Crippen LogP contribution in [0, 0.1) is 19.8 Å². The zero-order chi connectivity index (χ0) is 13.0. The van der Waals surface area contributed by atoms with Gasteiger partial charge in [0.15, 0.2) is 0 Å². The molecule has 0 aliphatic heterocycles. The highest BCUT2D eigenvalue weighted by Crippen LogP contribution is 2.18. The predicted octanol–water partition coefficient (Wildman–Crippen LogP) is 3.12. The van der Waals surface area contributed by atoms with E-state index in [4.69, 9.17) is 5.73 Å². The summed E-state index contributed by atoms with van der Waals surface area (Å²) < 4.78 is 0. The monoisotopic (exact) mass is 260 g/mol. The third kappa shape index (κ3) is 3.40. The molecule has 0 saturated heterocycles. The highest BCUT2D eigenvalue weighted by molar-refractivity contribution is 7.09. The molecular formula is C15H20N2S. The van der Waals surface area contributed by atoms with E-state index in [0.717, 1.165) is 17.8 Å². The summed E-state index contributed by atoms with van der Waals surface area (Å²) in [5.41, 5.74) is 9.84. The summed E-state index contributed by atoms with van der Waals surface area (Å²) in [6.07, 6.45) is 2.02. The molecule has 3 heteroatoms. The highest BCUT2D eigenvalue weighted by Gasteiger charge is 2.12. The number of rotatable bonds is 5. The van der Waals surface area contributed by atoms with Gasteiger partial charge in [0.05, 0.1) is 10.7 Å². The summed E-state index contributed by atoms with van der Waals surface area (Å²) in [6, 6.07) is 8.54. The highest BCUT2D eigenvalue weighted by atomic mass is 32.1. The van der Waals surface area contributed by atoms with Crippen molar-refractivity contribution in [1.82, 2.24) is 4.98 Å². The molecule has 2 nitrogen and oxygen atoms in total. The molecule has 1 aromatic heterocycles. The Morgan fingerprint density at radius 2 is 2.00 bits per heavy atom. The van der Waals surface area contributed by atoms with Gasteiger partial charge in [-0.1, -0.05) is 24.3 Å². The van der Waals surface area contributed by atoms with Crippen LogP contribution in [0.2, 0.25) is 0 Å². The molecule has 0 saturated carbocycles. The molecule has 1 unspecified atom stereocenters. The van der Waals surface area contributed by atoms with Gasteiger partial charge in [-0.05, 0) is 50.3 Å². The van der Waals surface area contributed by atoms with Gasteiger partial charge in [-0.2, -0.15) is 0 Å². The average molecular weight is 260 g/mol. The lowest BCUT2D eigenvalue weighted by Gasteiger charge is -2.15. The third-order valence-electron chi connectivity index (χ3n) is 3.27. The molecule has 2 N–H and O–H groups in total. The van der Waals surface area contributed by atoms with Gasteiger partial charge in [0, 0.05) is 5.38 Å². The Morgan fingerprint density at radius 1 is 1.22 bits per heavy atom. The quantitative estimate of drug-likeness (QED) is 0.897. The lowest BCUT2D eigenvalue weighted by atomic mass is 9.93. The summed E-state index contributed by atoms with van der Waals surface area (Å²) in [6.45, 7) is 4.92. The number of aromatic nitrogens is 1. The number of aryl methyl sites for hydroxylation is 2. The van der Waals surface area contributed by atoms with Crippen LogP contribution in [0.1, 0.15) is 21.8 Å². The second-order valence-electron chi connectivity index (χ2n) is 4.79. The summed E-state index contributed by atoms with van der Waals surface area (Å²) in [4.78, 5) is 4.53. The van der Waals surface area contributed by atoms with Crippen LogP contribution in [0.15, 0.2) is 29.6 Å². The van der Waals surface area contributed by atoms with E-state index < -0.39 is 0 Å². The van der Waals surface area contributed by atoms with E-state index in [2.05, 4.69) is 41.6 Å². The minimum Gasteiger partial charge on any atom is -0.330 e. The van der Waals surface area contributed by atoms with Crippen molar-refractivity contribution in [1.29, 1.82) is 0 Å². The van der Waals surface area contributed by atoms with Crippen LogP contribution in [0.5, 0.6) is 0 Å². The summed E-state index contributed by atoms with van der Waals surface area (Å²) >= 11 is 1.71. The Balaban J connectivity index is 2.04. The lowest BCUT2D eigenvalue weighted by molar-refractivity contribution is 0.526. The maximum absolute atomic E-state index is 5.90. The molecule has 0 bridgehead atoms. The van der Waals surface area contributed by atoms with Crippen LogP contribution in [0.25, 0.3) is 0 Å². The minimum absolute atomic E-state index is 0.479. The van der Waals surface area contributed by atoms with E-state index in [-0.39, 0.29) is 0 Å². The van der Waals surface area contributed by atoms with Crippen LogP contribution in [-0.2, 0) is 12.8 Å². The number of benzene rings is 1. The molecule has 18 heavy (non-hydrogen) atoms. The average Bonchev–Trinajstić information content (AvgIpc) is 2.76. The fraction of sp³-hybridized carbons (Fsp3) is 0.400. The number of thiazole rings is 1. The van der Waals surface area contributed by atoms with Gasteiger partial charge in [-0.15, -0.1) is 11.3 Å². The standard InChI is InChI=1S/C15H20N2S/c1-11-5-3-4-6-14(11)7-13(9-16)8-15-10-18-12(2)17-15/h3-6,10,13H,7-9,16H2,1-2H3. The van der Waals surface area contributed by atoms with Gasteiger partial charge < -0.3 is 5.73 Å². The van der Waals surface area contributed by atoms with E-state index in [1.165, 1.54) is 16.8 Å². The maximum atomic E-state index is 5.90. The lowest BCUT2D eigenvalue weighted by Crippen LogP contribution is -2.20. The molecule has 0 radical (unpaired) electrons. The Bertz CT molecular complexity index is 505. The van der Waals surface area contributed by atoms with E-state index in [9.17, 15) is 0 Å². The number of hydrogen-bond donors (Lipinski definition) is 1. The van der Waals surface area contributed by atoms with Crippen molar-refractivity contribution in [3.63, 3.8) is 0 Å². The Kier molecular flexibility index (Phi) is 4.50. The van der Waals surface area contributed by atoms with Crippen molar-refractivity contribution in [3.05, 3.63) is 51.5 Å². The fourth-order valence-corrected chi connectivity index (χ4v) is 2.81. The SMILES string of the molecule is Cc1nc(CC(CN)Cc2ccccc2C)cs1. The van der Waals surface area contributed by atoms with Gasteiger partial charge in [-0.3, -0.25) is 0 Å². The largest absolute Gasteiger partial charge is 0.330 e. The predicted molar refractivity (Wildman–Crippen MR) is 78.0 cm³/mol. The first-order valence-corrected chi connectivity index (χ1v) is 7.22. The molecular weight excluding hydrogens is 240 g/mol. The molecule has 0 aliphatic carbocycles. The van der Waals surface area contributed by atoms with Gasteiger partial charge in [0.1, 0.15) is 0 Å². The first kappa shape index (κ1) is 13.2. The molecule has 0 spiro atoms. The molecule has 1 aromatic carbocycles. The molecule has 1 heterocycles. The smallest absolute Gasteiger partial charge is 0.0897 e. The number of hydrogen-bond acceptors (Lipinski definition) is 3. The van der Waals surface area contributed by atoms with E-state index in [1.807, 2.05) is 6.92 Å². The normalized spacial score (nSPS) is 12.6. The second-order valence-corrected chi connectivity index (χ2v) is 5.86. The molecule has 0 aliphatic rings. The molecule has 0 amide bonds. The molecule has 2 aromatic rings. The first-order chi connectivity index (χ1) is 8.69. The fourth-order valence-electron chi connectivity index (χ4n) is 2.19. The molecule has 96 valence electrons. The van der Waals surface area contributed by atoms with Gasteiger partial charge in [-0.25, -0.2) is 4.98 Å². The van der Waals surface area contributed by atoms with Crippen molar-refractivity contribution < 1.29 is 0 Å². The number of nitrogens with two attached hydrogens (primary N) is 1. The topological polar surface area (TPSA) is 38.9 Å². The third-order valence-corrected chi connectivity index (χ3v) is 4.09. The summed E-state index contributed by atoms with van der Waals surface area (Å²) in [5.74, 6) is 0.479. The van der Waals surface area contributed by atoms with Gasteiger partial charge in [0.2, 0.25) is 0 Å². The molecule has 2 rings (SSSR count). The van der Waals surface area contributed by atoms with Crippen molar-refractivity contribution >= 4 is 11.3 Å². The van der Waals surface area contributed by atoms with Crippen LogP contribution < -0.4 is 5.73 Å². The Labute approximate surface area is 113 Å². The Morgan fingerprint density at radius 3 is 2.61 bits per heavy atom. The van der Waals surface area contributed by atoms with Crippen LogP contribution in [0.3, 0.4) is 0 Å². The van der Waals surface area contributed by atoms with Crippen molar-refractivity contribution in [2.24, 2.45) is 11.7 Å². The Hall–Kier alpha value is -1.19. The van der Waals surface area contributed by atoms with Crippen molar-refractivity contribution in [3.8, 4) is 0 Å². The minimum atomic E-state index is 0.479. The summed E-state index contributed by atoms with van der Waals surface area (Å²) in [7, 11) is 0. The van der Waals surface area contributed by atoms with E-state index >= 15 is 0 Å². The van der Waals surface area contributed by atoms with Crippen LogP contribution in [-0.4, -0.2) is 11.5 Å². The maximum Gasteiger partial charge on any atom is 0.0897 e. The van der Waals surface area contributed by atoms with Crippen molar-refractivity contribution in [2.45, 2.75) is 26.7 Å². The van der Waals surface area contributed by atoms with E-state index in [0.29, 0.717) is 12.5 Å². The van der Waals surface area contributed by atoms with Gasteiger partial charge in [0.25, 0.3) is 0 Å². The first-order valence-electron chi connectivity index (χ1n) is 6.34. The van der Waals surface area contributed by atoms with Crippen LogP contribution in [0.4, 0.5) is 0 Å².